The quantitative estimate of drug-likeness (QED) is 0.214. The van der Waals surface area contributed by atoms with E-state index in [-0.39, 0.29) is 5.91 Å². The van der Waals surface area contributed by atoms with Gasteiger partial charge in [0.25, 0.3) is 11.8 Å². The van der Waals surface area contributed by atoms with Gasteiger partial charge in [-0.05, 0) is 77.7 Å². The largest absolute Gasteiger partial charge is 0.490 e. The van der Waals surface area contributed by atoms with E-state index in [0.717, 1.165) is 9.13 Å². The van der Waals surface area contributed by atoms with Gasteiger partial charge in [-0.15, -0.1) is 11.3 Å². The molecule has 166 valence electrons. The molecule has 0 radical (unpaired) electrons. The van der Waals surface area contributed by atoms with Crippen molar-refractivity contribution in [2.45, 2.75) is 13.8 Å². The van der Waals surface area contributed by atoms with Gasteiger partial charge in [-0.1, -0.05) is 18.2 Å². The summed E-state index contributed by atoms with van der Waals surface area (Å²) < 4.78 is 12.2. The smallest absolute Gasteiger partial charge is 0.273 e. The van der Waals surface area contributed by atoms with E-state index in [0.29, 0.717) is 40.8 Å². The monoisotopic (exact) mass is 563 g/mol. The Morgan fingerprint density at radius 2 is 1.84 bits per heavy atom. The fraction of sp³-hybridized carbons (Fsp3) is 0.174. The number of carbonyl (C=O) groups is 2. The van der Waals surface area contributed by atoms with Gasteiger partial charge in [-0.3, -0.25) is 9.59 Å². The van der Waals surface area contributed by atoms with Crippen molar-refractivity contribution in [1.29, 1.82) is 0 Å². The van der Waals surface area contributed by atoms with Crippen molar-refractivity contribution in [1.82, 2.24) is 5.43 Å². The summed E-state index contributed by atoms with van der Waals surface area (Å²) in [5, 5.41) is 8.67. The number of ether oxygens (including phenoxy) is 2. The van der Waals surface area contributed by atoms with Crippen molar-refractivity contribution in [2.75, 3.05) is 18.5 Å². The van der Waals surface area contributed by atoms with Crippen LogP contribution in [0.15, 0.2) is 59.0 Å². The van der Waals surface area contributed by atoms with Gasteiger partial charge in [0.15, 0.2) is 11.5 Å². The third-order valence-electron chi connectivity index (χ3n) is 4.16. The van der Waals surface area contributed by atoms with Crippen LogP contribution in [-0.2, 0) is 0 Å². The van der Waals surface area contributed by atoms with Gasteiger partial charge in [0.1, 0.15) is 0 Å². The van der Waals surface area contributed by atoms with Crippen LogP contribution in [0.3, 0.4) is 0 Å². The van der Waals surface area contributed by atoms with Gasteiger partial charge < -0.3 is 14.8 Å². The molecule has 1 heterocycles. The highest BCUT2D eigenvalue weighted by atomic mass is 127. The second kappa shape index (κ2) is 11.6. The summed E-state index contributed by atoms with van der Waals surface area (Å²) in [5.41, 5.74) is 3.99. The van der Waals surface area contributed by atoms with Gasteiger partial charge in [-0.2, -0.15) is 5.10 Å². The van der Waals surface area contributed by atoms with E-state index >= 15 is 0 Å². The van der Waals surface area contributed by atoms with E-state index in [1.807, 2.05) is 31.4 Å². The molecule has 0 bridgehead atoms. The highest BCUT2D eigenvalue weighted by Crippen LogP contribution is 2.33. The second-order valence-corrected chi connectivity index (χ2v) is 8.48. The maximum Gasteiger partial charge on any atom is 0.273 e. The molecule has 0 unspecified atom stereocenters. The molecule has 0 aliphatic rings. The number of nitrogens with zero attached hydrogens (tertiary/aromatic N) is 1. The average Bonchev–Trinajstić information content (AvgIpc) is 3.32. The summed E-state index contributed by atoms with van der Waals surface area (Å²) in [5.74, 6) is 0.604. The maximum atomic E-state index is 12.7. The Hall–Kier alpha value is -2.92. The molecule has 0 saturated carbocycles. The number of hydrogen-bond acceptors (Lipinski definition) is 6. The highest BCUT2D eigenvalue weighted by Gasteiger charge is 2.15. The molecule has 2 amide bonds. The van der Waals surface area contributed by atoms with Crippen LogP contribution in [0, 0.1) is 3.57 Å². The summed E-state index contributed by atoms with van der Waals surface area (Å²) in [6, 6.07) is 14.0. The van der Waals surface area contributed by atoms with E-state index in [1.165, 1.54) is 17.6 Å². The fourth-order valence-electron chi connectivity index (χ4n) is 2.82. The molecular formula is C23H22IN3O4S. The number of thiophene rings is 1. The molecule has 3 rings (SSSR count). The van der Waals surface area contributed by atoms with Gasteiger partial charge in [0, 0.05) is 0 Å². The number of benzene rings is 2. The summed E-state index contributed by atoms with van der Waals surface area (Å²) in [6.45, 7) is 4.85. The molecule has 0 atom stereocenters. The Bertz CT molecular complexity index is 1120. The zero-order chi connectivity index (χ0) is 22.9. The number of carbonyl (C=O) groups excluding carboxylic acids is 2. The zero-order valence-electron chi connectivity index (χ0n) is 17.6. The lowest BCUT2D eigenvalue weighted by molar-refractivity contribution is 0.0956. The van der Waals surface area contributed by atoms with E-state index in [9.17, 15) is 9.59 Å². The van der Waals surface area contributed by atoms with Gasteiger partial charge >= 0.3 is 0 Å². The van der Waals surface area contributed by atoms with Crippen molar-refractivity contribution in [3.8, 4) is 11.5 Å². The lowest BCUT2D eigenvalue weighted by Crippen LogP contribution is -2.21. The molecule has 0 fully saturated rings. The molecule has 3 aromatic rings. The number of anilines is 1. The van der Waals surface area contributed by atoms with Gasteiger partial charge in [0.05, 0.1) is 39.1 Å². The third-order valence-corrected chi connectivity index (χ3v) is 5.83. The minimum atomic E-state index is -0.436. The third kappa shape index (κ3) is 6.07. The normalized spacial score (nSPS) is 10.7. The molecule has 0 aliphatic heterocycles. The second-order valence-electron chi connectivity index (χ2n) is 6.37. The number of amides is 2. The maximum absolute atomic E-state index is 12.7. The van der Waals surface area contributed by atoms with E-state index < -0.39 is 5.91 Å². The fourth-order valence-corrected chi connectivity index (χ4v) is 4.22. The Morgan fingerprint density at radius 3 is 2.56 bits per heavy atom. The zero-order valence-corrected chi connectivity index (χ0v) is 20.5. The van der Waals surface area contributed by atoms with Gasteiger partial charge in [0.2, 0.25) is 0 Å². The average molecular weight is 563 g/mol. The molecule has 32 heavy (non-hydrogen) atoms. The Kier molecular flexibility index (Phi) is 8.63. The Morgan fingerprint density at radius 1 is 1.06 bits per heavy atom. The first-order valence-electron chi connectivity index (χ1n) is 9.89. The SMILES string of the molecule is CCOc1cc(/C=N\NC(=O)c2ccccc2NC(=O)c2cccs2)cc(I)c1OCC. The molecular weight excluding hydrogens is 541 g/mol. The first-order valence-corrected chi connectivity index (χ1v) is 11.9. The van der Waals surface area contributed by atoms with Crippen LogP contribution in [0.25, 0.3) is 0 Å². The minimum absolute atomic E-state index is 0.267. The van der Waals surface area contributed by atoms with Gasteiger partial charge in [-0.25, -0.2) is 5.43 Å². The number of rotatable bonds is 9. The molecule has 2 aromatic carbocycles. The number of para-hydroxylation sites is 1. The minimum Gasteiger partial charge on any atom is -0.490 e. The summed E-state index contributed by atoms with van der Waals surface area (Å²) in [7, 11) is 0. The highest BCUT2D eigenvalue weighted by molar-refractivity contribution is 14.1. The predicted molar refractivity (Wildman–Crippen MR) is 135 cm³/mol. The number of hydrazone groups is 1. The lowest BCUT2D eigenvalue weighted by atomic mass is 10.1. The van der Waals surface area contributed by atoms with Crippen LogP contribution in [0.5, 0.6) is 11.5 Å². The van der Waals surface area contributed by atoms with Crippen molar-refractivity contribution in [3.63, 3.8) is 0 Å². The van der Waals surface area contributed by atoms with Crippen molar-refractivity contribution in [2.24, 2.45) is 5.10 Å². The summed E-state index contributed by atoms with van der Waals surface area (Å²) in [6.07, 6.45) is 1.53. The standard InChI is InChI=1S/C23H22IN3O4S/c1-3-30-19-13-15(12-17(24)21(19)31-4-2)14-25-27-22(28)16-8-5-6-9-18(16)26-23(29)20-10-7-11-32-20/h5-14H,3-4H2,1-2H3,(H,26,29)(H,27,28)/b25-14-. The van der Waals surface area contributed by atoms with Crippen LogP contribution in [0.2, 0.25) is 0 Å². The van der Waals surface area contributed by atoms with Crippen molar-refractivity contribution >= 4 is 57.6 Å². The number of hydrogen-bond donors (Lipinski definition) is 2. The van der Waals surface area contributed by atoms with Crippen LogP contribution < -0.4 is 20.2 Å². The predicted octanol–water partition coefficient (Wildman–Crippen LogP) is 5.17. The van der Waals surface area contributed by atoms with Crippen LogP contribution >= 0.6 is 33.9 Å². The van der Waals surface area contributed by atoms with E-state index in [1.54, 1.807) is 36.4 Å². The first-order chi connectivity index (χ1) is 15.5. The molecule has 1 aromatic heterocycles. The number of nitrogens with one attached hydrogen (secondary N) is 2. The molecule has 2 N–H and O–H groups in total. The summed E-state index contributed by atoms with van der Waals surface area (Å²) in [4.78, 5) is 25.6. The number of halogens is 1. The van der Waals surface area contributed by atoms with E-state index in [2.05, 4.69) is 38.4 Å². The van der Waals surface area contributed by atoms with Crippen LogP contribution in [0.1, 0.15) is 39.4 Å². The molecule has 0 saturated heterocycles. The topological polar surface area (TPSA) is 89.0 Å². The first kappa shape index (κ1) is 23.7. The van der Waals surface area contributed by atoms with Crippen molar-refractivity contribution < 1.29 is 19.1 Å². The lowest BCUT2D eigenvalue weighted by Gasteiger charge is -2.13. The molecule has 9 heteroatoms. The van der Waals surface area contributed by atoms with E-state index in [4.69, 9.17) is 9.47 Å². The summed E-state index contributed by atoms with van der Waals surface area (Å²) >= 11 is 3.51. The Labute approximate surface area is 204 Å². The Balaban J connectivity index is 1.73. The van der Waals surface area contributed by atoms with Crippen LogP contribution in [-0.4, -0.2) is 31.2 Å². The molecule has 7 nitrogen and oxygen atoms in total. The molecule has 0 aliphatic carbocycles. The molecule has 0 spiro atoms. The van der Waals surface area contributed by atoms with Crippen LogP contribution in [0.4, 0.5) is 5.69 Å². The van der Waals surface area contributed by atoms with Crippen molar-refractivity contribution in [3.05, 3.63) is 73.5 Å².